The molecule has 1 heterocycles. The number of rotatable bonds is 5. The molecule has 1 atom stereocenters. The van der Waals surface area contributed by atoms with Gasteiger partial charge in [0.2, 0.25) is 11.8 Å². The van der Waals surface area contributed by atoms with Gasteiger partial charge in [0.05, 0.1) is 0 Å². The first-order chi connectivity index (χ1) is 11.0. The highest BCUT2D eigenvalue weighted by Crippen LogP contribution is 2.24. The molecule has 23 heavy (non-hydrogen) atoms. The van der Waals surface area contributed by atoms with Crippen molar-refractivity contribution >= 4 is 17.5 Å². The van der Waals surface area contributed by atoms with Crippen LogP contribution in [0.1, 0.15) is 64.4 Å². The zero-order valence-corrected chi connectivity index (χ0v) is 14.5. The van der Waals surface area contributed by atoms with E-state index in [-0.39, 0.29) is 18.2 Å². The summed E-state index contributed by atoms with van der Waals surface area (Å²) in [4.78, 5) is 26.6. The Morgan fingerprint density at radius 2 is 2.00 bits per heavy atom. The van der Waals surface area contributed by atoms with Crippen molar-refractivity contribution in [2.75, 3.05) is 11.9 Å². The van der Waals surface area contributed by atoms with E-state index >= 15 is 0 Å². The number of piperidine rings is 1. The van der Waals surface area contributed by atoms with Crippen molar-refractivity contribution in [2.24, 2.45) is 0 Å². The lowest BCUT2D eigenvalue weighted by Crippen LogP contribution is -2.44. The van der Waals surface area contributed by atoms with E-state index in [9.17, 15) is 9.59 Å². The van der Waals surface area contributed by atoms with E-state index in [1.165, 1.54) is 6.42 Å². The van der Waals surface area contributed by atoms with Crippen LogP contribution in [-0.2, 0) is 9.59 Å². The van der Waals surface area contributed by atoms with Gasteiger partial charge in [-0.2, -0.15) is 0 Å². The zero-order valence-electron chi connectivity index (χ0n) is 14.5. The van der Waals surface area contributed by atoms with Crippen LogP contribution < -0.4 is 5.32 Å². The van der Waals surface area contributed by atoms with Gasteiger partial charge in [0.1, 0.15) is 6.42 Å². The molecule has 4 heteroatoms. The summed E-state index contributed by atoms with van der Waals surface area (Å²) in [6, 6.07) is 8.08. The Labute approximate surface area is 139 Å². The van der Waals surface area contributed by atoms with Crippen molar-refractivity contribution < 1.29 is 9.59 Å². The maximum absolute atomic E-state index is 12.5. The Bertz CT molecular complexity index is 554. The number of anilines is 1. The fourth-order valence-electron chi connectivity index (χ4n) is 3.30. The lowest BCUT2D eigenvalue weighted by molar-refractivity contribution is -0.137. The first-order valence-electron chi connectivity index (χ1n) is 8.71. The lowest BCUT2D eigenvalue weighted by atomic mass is 9.99. The van der Waals surface area contributed by atoms with Crippen LogP contribution in [0.3, 0.4) is 0 Å². The molecule has 1 aliphatic heterocycles. The van der Waals surface area contributed by atoms with E-state index < -0.39 is 0 Å². The van der Waals surface area contributed by atoms with E-state index in [1.807, 2.05) is 29.2 Å². The molecule has 0 spiro atoms. The van der Waals surface area contributed by atoms with Crippen LogP contribution >= 0.6 is 0 Å². The minimum atomic E-state index is -0.219. The number of benzene rings is 1. The van der Waals surface area contributed by atoms with Gasteiger partial charge in [-0.05, 0) is 43.2 Å². The van der Waals surface area contributed by atoms with E-state index in [4.69, 9.17) is 0 Å². The first kappa shape index (κ1) is 17.5. The molecular formula is C19H28N2O2. The summed E-state index contributed by atoms with van der Waals surface area (Å²) in [5.74, 6) is 0.0633. The number of para-hydroxylation sites is 1. The van der Waals surface area contributed by atoms with Gasteiger partial charge in [-0.1, -0.05) is 39.0 Å². The molecule has 1 fully saturated rings. The molecule has 1 aromatic rings. The second-order valence-corrected chi connectivity index (χ2v) is 6.61. The molecule has 1 unspecified atom stereocenters. The summed E-state index contributed by atoms with van der Waals surface area (Å²) >= 11 is 0. The second kappa shape index (κ2) is 8.14. The molecule has 1 saturated heterocycles. The average molecular weight is 316 g/mol. The Hall–Kier alpha value is -1.84. The number of hydrogen-bond acceptors (Lipinski definition) is 2. The predicted octanol–water partition coefficient (Wildman–Crippen LogP) is 3.93. The summed E-state index contributed by atoms with van der Waals surface area (Å²) < 4.78 is 0. The number of hydrogen-bond donors (Lipinski definition) is 1. The van der Waals surface area contributed by atoms with E-state index in [2.05, 4.69) is 26.1 Å². The molecule has 0 saturated carbocycles. The van der Waals surface area contributed by atoms with Crippen LogP contribution in [-0.4, -0.2) is 29.3 Å². The summed E-state index contributed by atoms with van der Waals surface area (Å²) in [6.07, 6.45) is 4.17. The predicted molar refractivity (Wildman–Crippen MR) is 93.4 cm³/mol. The number of likely N-dealkylation sites (tertiary alicyclic amines) is 1. The largest absolute Gasteiger partial charge is 0.339 e. The fraction of sp³-hybridized carbons (Fsp3) is 0.579. The SMILES string of the molecule is CCC1CCCCN1C(=O)CC(=O)Nc1ccccc1C(C)C. The lowest BCUT2D eigenvalue weighted by Gasteiger charge is -2.35. The molecule has 2 amide bonds. The van der Waals surface area contributed by atoms with E-state index in [0.717, 1.165) is 37.1 Å². The zero-order chi connectivity index (χ0) is 16.8. The quantitative estimate of drug-likeness (QED) is 0.837. The number of amides is 2. The number of nitrogens with one attached hydrogen (secondary N) is 1. The Kier molecular flexibility index (Phi) is 6.20. The molecular weight excluding hydrogens is 288 g/mol. The molecule has 0 radical (unpaired) electrons. The van der Waals surface area contributed by atoms with Crippen LogP contribution in [0.4, 0.5) is 5.69 Å². The minimum Gasteiger partial charge on any atom is -0.339 e. The van der Waals surface area contributed by atoms with E-state index in [0.29, 0.717) is 12.0 Å². The second-order valence-electron chi connectivity index (χ2n) is 6.61. The highest BCUT2D eigenvalue weighted by Gasteiger charge is 2.26. The van der Waals surface area contributed by atoms with Gasteiger partial charge in [-0.25, -0.2) is 0 Å². The fourth-order valence-corrected chi connectivity index (χ4v) is 3.30. The molecule has 0 aromatic heterocycles. The van der Waals surface area contributed by atoms with Crippen LogP contribution in [0.2, 0.25) is 0 Å². The van der Waals surface area contributed by atoms with Gasteiger partial charge in [0.15, 0.2) is 0 Å². The smallest absolute Gasteiger partial charge is 0.233 e. The minimum absolute atomic E-state index is 0.0453. The van der Waals surface area contributed by atoms with Gasteiger partial charge in [0.25, 0.3) is 0 Å². The Balaban J connectivity index is 1.98. The molecule has 1 aromatic carbocycles. The Morgan fingerprint density at radius 1 is 1.26 bits per heavy atom. The highest BCUT2D eigenvalue weighted by atomic mass is 16.2. The number of carbonyl (C=O) groups excluding carboxylic acids is 2. The number of nitrogens with zero attached hydrogens (tertiary/aromatic N) is 1. The van der Waals surface area contributed by atoms with Crippen LogP contribution in [0.25, 0.3) is 0 Å². The maximum Gasteiger partial charge on any atom is 0.233 e. The van der Waals surface area contributed by atoms with Crippen molar-refractivity contribution in [3.8, 4) is 0 Å². The van der Waals surface area contributed by atoms with Crippen molar-refractivity contribution in [1.82, 2.24) is 4.90 Å². The topological polar surface area (TPSA) is 49.4 Å². The van der Waals surface area contributed by atoms with Crippen molar-refractivity contribution in [3.05, 3.63) is 29.8 Å². The van der Waals surface area contributed by atoms with Gasteiger partial charge < -0.3 is 10.2 Å². The van der Waals surface area contributed by atoms with Crippen LogP contribution in [0.15, 0.2) is 24.3 Å². The normalized spacial score (nSPS) is 18.1. The molecule has 2 rings (SSSR count). The molecule has 0 bridgehead atoms. The molecule has 1 aliphatic rings. The first-order valence-corrected chi connectivity index (χ1v) is 8.71. The summed E-state index contributed by atoms with van der Waals surface area (Å²) in [7, 11) is 0. The summed E-state index contributed by atoms with van der Waals surface area (Å²) in [6.45, 7) is 7.08. The van der Waals surface area contributed by atoms with Gasteiger partial charge >= 0.3 is 0 Å². The van der Waals surface area contributed by atoms with Crippen molar-refractivity contribution in [3.63, 3.8) is 0 Å². The standard InChI is InChI=1S/C19H28N2O2/c1-4-15-9-7-8-12-21(15)19(23)13-18(22)20-17-11-6-5-10-16(17)14(2)3/h5-6,10-11,14-15H,4,7-9,12-13H2,1-3H3,(H,20,22). The van der Waals surface area contributed by atoms with Crippen LogP contribution in [0.5, 0.6) is 0 Å². The average Bonchev–Trinajstić information content (AvgIpc) is 2.54. The third-order valence-electron chi connectivity index (χ3n) is 4.59. The Morgan fingerprint density at radius 3 is 2.70 bits per heavy atom. The van der Waals surface area contributed by atoms with Gasteiger partial charge in [-0.3, -0.25) is 9.59 Å². The monoisotopic (exact) mass is 316 g/mol. The highest BCUT2D eigenvalue weighted by molar-refractivity contribution is 6.04. The molecule has 1 N–H and O–H groups in total. The third-order valence-corrected chi connectivity index (χ3v) is 4.59. The van der Waals surface area contributed by atoms with Crippen molar-refractivity contribution in [1.29, 1.82) is 0 Å². The molecule has 126 valence electrons. The number of carbonyl (C=O) groups is 2. The third kappa shape index (κ3) is 4.57. The molecule has 4 nitrogen and oxygen atoms in total. The van der Waals surface area contributed by atoms with Crippen molar-refractivity contribution in [2.45, 2.75) is 64.8 Å². The van der Waals surface area contributed by atoms with E-state index in [1.54, 1.807) is 0 Å². The molecule has 0 aliphatic carbocycles. The van der Waals surface area contributed by atoms with Gasteiger partial charge in [0, 0.05) is 18.3 Å². The summed E-state index contributed by atoms with van der Waals surface area (Å²) in [5, 5.41) is 2.91. The summed E-state index contributed by atoms with van der Waals surface area (Å²) in [5.41, 5.74) is 1.91. The van der Waals surface area contributed by atoms with Gasteiger partial charge in [-0.15, -0.1) is 0 Å². The van der Waals surface area contributed by atoms with Crippen LogP contribution in [0, 0.1) is 0 Å². The maximum atomic E-state index is 12.5.